The molecule has 2 nitrogen and oxygen atoms in total. The molecule has 0 spiro atoms. The molecule has 9 aromatic carbocycles. The van der Waals surface area contributed by atoms with Crippen LogP contribution in [0.3, 0.4) is 0 Å². The molecule has 0 radical (unpaired) electrons. The number of aromatic nitrogens is 1. The third-order valence-corrected chi connectivity index (χ3v) is 12.1. The van der Waals surface area contributed by atoms with E-state index in [9.17, 15) is 0 Å². The fraction of sp³-hybridized carbons (Fsp3) is 0. The molecule has 0 amide bonds. The maximum atomic E-state index is 2.45. The predicted octanol–water partition coefficient (Wildman–Crippen LogP) is 15.1. The van der Waals surface area contributed by atoms with Gasteiger partial charge in [-0.05, 0) is 88.1 Å². The fourth-order valence-corrected chi connectivity index (χ4v) is 9.61. The van der Waals surface area contributed by atoms with Gasteiger partial charge in [0.1, 0.15) is 0 Å². The highest BCUT2D eigenvalue weighted by atomic mass is 32.1. The van der Waals surface area contributed by atoms with Crippen molar-refractivity contribution in [3.63, 3.8) is 0 Å². The fourth-order valence-electron chi connectivity index (χ4n) is 8.49. The van der Waals surface area contributed by atoms with E-state index in [4.69, 9.17) is 0 Å². The molecule has 0 N–H and O–H groups in total. The first-order chi connectivity index (χ1) is 27.3. The summed E-state index contributed by atoms with van der Waals surface area (Å²) in [5, 5.41) is 7.70. The smallest absolute Gasteiger partial charge is 0.0782 e. The van der Waals surface area contributed by atoms with Crippen LogP contribution in [0.2, 0.25) is 0 Å². The molecule has 0 unspecified atom stereocenters. The summed E-state index contributed by atoms with van der Waals surface area (Å²) in [4.78, 5) is 2.45. The molecule has 55 heavy (non-hydrogen) atoms. The Kier molecular flexibility index (Phi) is 7.39. The van der Waals surface area contributed by atoms with Crippen molar-refractivity contribution < 1.29 is 0 Å². The lowest BCUT2D eigenvalue weighted by molar-refractivity contribution is 1.17. The average molecular weight is 719 g/mol. The minimum atomic E-state index is 1.09. The molecule has 0 aliphatic heterocycles. The van der Waals surface area contributed by atoms with Gasteiger partial charge in [0.25, 0.3) is 0 Å². The van der Waals surface area contributed by atoms with Crippen LogP contribution in [0.5, 0.6) is 0 Å². The van der Waals surface area contributed by atoms with Crippen molar-refractivity contribution in [2.45, 2.75) is 0 Å². The molecule has 2 heterocycles. The average Bonchev–Trinajstić information content (AvgIpc) is 3.81. The molecule has 0 bridgehead atoms. The van der Waals surface area contributed by atoms with Crippen LogP contribution in [0, 0.1) is 0 Å². The Balaban J connectivity index is 1.13. The normalized spacial score (nSPS) is 11.6. The van der Waals surface area contributed by atoms with Crippen LogP contribution in [-0.2, 0) is 0 Å². The largest absolute Gasteiger partial charge is 0.308 e. The Morgan fingerprint density at radius 1 is 0.400 bits per heavy atom. The van der Waals surface area contributed by atoms with Crippen molar-refractivity contribution in [1.29, 1.82) is 0 Å². The minimum Gasteiger partial charge on any atom is -0.308 e. The zero-order valence-electron chi connectivity index (χ0n) is 29.9. The summed E-state index contributed by atoms with van der Waals surface area (Å²) in [5.41, 5.74) is 11.6. The number of anilines is 3. The lowest BCUT2D eigenvalue weighted by Crippen LogP contribution is -2.12. The number of thiophene rings is 1. The second kappa shape index (κ2) is 12.9. The molecule has 0 aliphatic rings. The maximum Gasteiger partial charge on any atom is 0.0782 e. The van der Waals surface area contributed by atoms with Gasteiger partial charge < -0.3 is 9.47 Å². The van der Waals surface area contributed by atoms with Crippen molar-refractivity contribution in [3.05, 3.63) is 206 Å². The number of fused-ring (bicyclic) bond motifs is 8. The number of benzene rings is 9. The van der Waals surface area contributed by atoms with Gasteiger partial charge in [-0.15, -0.1) is 11.3 Å². The topological polar surface area (TPSA) is 8.17 Å². The highest BCUT2D eigenvalue weighted by Gasteiger charge is 2.23. The van der Waals surface area contributed by atoms with Crippen LogP contribution in [0.1, 0.15) is 0 Å². The molecule has 0 fully saturated rings. The number of rotatable bonds is 6. The Labute approximate surface area is 323 Å². The van der Waals surface area contributed by atoms with Crippen LogP contribution in [0.4, 0.5) is 17.1 Å². The van der Waals surface area contributed by atoms with Crippen LogP contribution >= 0.6 is 11.3 Å². The lowest BCUT2D eigenvalue weighted by Gasteiger charge is -2.29. The van der Waals surface area contributed by atoms with Crippen molar-refractivity contribution in [2.24, 2.45) is 0 Å². The zero-order chi connectivity index (χ0) is 36.3. The monoisotopic (exact) mass is 718 g/mol. The Morgan fingerprint density at radius 2 is 1.05 bits per heavy atom. The molecule has 2 aromatic heterocycles. The molecule has 0 saturated carbocycles. The summed E-state index contributed by atoms with van der Waals surface area (Å²) in [6.07, 6.45) is 0. The number of hydrogen-bond acceptors (Lipinski definition) is 2. The van der Waals surface area contributed by atoms with Crippen molar-refractivity contribution in [3.8, 4) is 27.9 Å². The summed E-state index contributed by atoms with van der Waals surface area (Å²) in [6.45, 7) is 0. The van der Waals surface area contributed by atoms with Crippen molar-refractivity contribution in [2.75, 3.05) is 4.90 Å². The van der Waals surface area contributed by atoms with Gasteiger partial charge in [0, 0.05) is 47.9 Å². The van der Waals surface area contributed by atoms with E-state index in [0.29, 0.717) is 0 Å². The Morgan fingerprint density at radius 3 is 1.91 bits per heavy atom. The second-order valence-electron chi connectivity index (χ2n) is 14.1. The first kappa shape index (κ1) is 31.6. The molecule has 0 saturated heterocycles. The number of nitrogens with zero attached hydrogens (tertiary/aromatic N) is 2. The molecular weight excluding hydrogens is 685 g/mol. The first-order valence-corrected chi connectivity index (χ1v) is 19.6. The van der Waals surface area contributed by atoms with E-state index in [2.05, 4.69) is 216 Å². The quantitative estimate of drug-likeness (QED) is 0.166. The second-order valence-corrected chi connectivity index (χ2v) is 15.2. The molecular formula is C52H34N2S. The third kappa shape index (κ3) is 5.16. The van der Waals surface area contributed by atoms with Gasteiger partial charge in [0.2, 0.25) is 0 Å². The Hall–Kier alpha value is -6.94. The highest BCUT2D eigenvalue weighted by molar-refractivity contribution is 7.26. The van der Waals surface area contributed by atoms with Crippen molar-refractivity contribution in [1.82, 2.24) is 4.57 Å². The van der Waals surface area contributed by atoms with Crippen LogP contribution in [-0.4, -0.2) is 4.57 Å². The summed E-state index contributed by atoms with van der Waals surface area (Å²) < 4.78 is 5.09. The molecule has 0 aliphatic carbocycles. The van der Waals surface area contributed by atoms with Gasteiger partial charge in [-0.3, -0.25) is 0 Å². The van der Waals surface area contributed by atoms with Crippen LogP contribution < -0.4 is 4.90 Å². The standard InChI is InChI=1S/C52H34N2S/c1-3-14-36(15-4-1)41-18-7-10-22-46(41)53(48-24-13-21-43-42-19-8-11-23-47(42)54(52(43)48)39-16-5-2-6-17-39)40-31-28-35(29-32-40)38-27-26-37-30-33-50-51(45(37)34-38)44-20-9-12-25-49(44)55-50/h1-34H. The van der Waals surface area contributed by atoms with Gasteiger partial charge in [0.05, 0.1) is 22.4 Å². The molecule has 11 aromatic rings. The van der Waals surface area contributed by atoms with E-state index in [1.165, 1.54) is 75.0 Å². The molecule has 0 atom stereocenters. The van der Waals surface area contributed by atoms with E-state index in [0.717, 1.165) is 22.7 Å². The van der Waals surface area contributed by atoms with E-state index < -0.39 is 0 Å². The Bertz CT molecular complexity index is 3190. The lowest BCUT2D eigenvalue weighted by atomic mass is 9.97. The number of hydrogen-bond donors (Lipinski definition) is 0. The SMILES string of the molecule is c1ccc(-c2ccccc2N(c2ccc(-c3ccc4ccc5sc6ccccc6c5c4c3)cc2)c2cccc3c4ccccc4n(-c4ccccc4)c23)cc1. The first-order valence-electron chi connectivity index (χ1n) is 18.8. The maximum absolute atomic E-state index is 2.45. The van der Waals surface area contributed by atoms with Gasteiger partial charge in [-0.2, -0.15) is 0 Å². The molecule has 258 valence electrons. The van der Waals surface area contributed by atoms with Crippen LogP contribution in [0.15, 0.2) is 206 Å². The van der Waals surface area contributed by atoms with Gasteiger partial charge >= 0.3 is 0 Å². The van der Waals surface area contributed by atoms with Gasteiger partial charge in [-0.25, -0.2) is 0 Å². The van der Waals surface area contributed by atoms with E-state index in [1.807, 2.05) is 11.3 Å². The summed E-state index contributed by atoms with van der Waals surface area (Å²) >= 11 is 1.87. The summed E-state index contributed by atoms with van der Waals surface area (Å²) in [5.74, 6) is 0. The predicted molar refractivity (Wildman–Crippen MR) is 237 cm³/mol. The molecule has 3 heteroatoms. The zero-order valence-corrected chi connectivity index (χ0v) is 30.7. The van der Waals surface area contributed by atoms with Crippen LogP contribution in [0.25, 0.3) is 80.7 Å². The third-order valence-electron chi connectivity index (χ3n) is 11.0. The van der Waals surface area contributed by atoms with Crippen molar-refractivity contribution >= 4 is 81.1 Å². The minimum absolute atomic E-state index is 1.09. The summed E-state index contributed by atoms with van der Waals surface area (Å²) in [7, 11) is 0. The molecule has 11 rings (SSSR count). The van der Waals surface area contributed by atoms with Gasteiger partial charge in [-0.1, -0.05) is 146 Å². The van der Waals surface area contributed by atoms with E-state index in [-0.39, 0.29) is 0 Å². The number of para-hydroxylation sites is 4. The van der Waals surface area contributed by atoms with E-state index in [1.54, 1.807) is 0 Å². The van der Waals surface area contributed by atoms with Gasteiger partial charge in [0.15, 0.2) is 0 Å². The summed E-state index contributed by atoms with van der Waals surface area (Å²) in [6, 6.07) is 75.1. The highest BCUT2D eigenvalue weighted by Crippen LogP contribution is 2.47. The van der Waals surface area contributed by atoms with E-state index >= 15 is 0 Å².